The smallest absolute Gasteiger partial charge is 0.114 e. The van der Waals surface area contributed by atoms with Crippen molar-refractivity contribution in [3.8, 4) is 0 Å². The first-order valence-corrected chi connectivity index (χ1v) is 6.50. The fraction of sp³-hybridized carbons (Fsp3) is 0.267. The molecule has 3 rings (SSSR count). The summed E-state index contributed by atoms with van der Waals surface area (Å²) in [5.74, 6) is 0. The number of pyridine rings is 1. The van der Waals surface area contributed by atoms with Gasteiger partial charge in [0.1, 0.15) is 11.3 Å². The molecule has 0 saturated heterocycles. The van der Waals surface area contributed by atoms with Crippen LogP contribution in [0.3, 0.4) is 0 Å². The van der Waals surface area contributed by atoms with Gasteiger partial charge < -0.3 is 5.11 Å². The molecule has 20 heavy (non-hydrogen) atoms. The van der Waals surface area contributed by atoms with E-state index in [9.17, 15) is 5.11 Å². The van der Waals surface area contributed by atoms with Gasteiger partial charge >= 0.3 is 0 Å². The van der Waals surface area contributed by atoms with E-state index in [2.05, 4.69) is 15.3 Å². The zero-order valence-electron chi connectivity index (χ0n) is 11.5. The van der Waals surface area contributed by atoms with Crippen molar-refractivity contribution in [1.82, 2.24) is 20.0 Å². The normalized spacial score (nSPS) is 11.9. The van der Waals surface area contributed by atoms with E-state index in [1.165, 1.54) is 0 Å². The second kappa shape index (κ2) is 4.68. The monoisotopic (exact) mass is 268 g/mol. The van der Waals surface area contributed by atoms with Crippen LogP contribution in [0.2, 0.25) is 0 Å². The number of rotatable bonds is 3. The molecule has 5 heteroatoms. The molecule has 1 N–H and O–H groups in total. The number of aliphatic hydroxyl groups is 1. The molecule has 0 radical (unpaired) electrons. The molecule has 0 bridgehead atoms. The predicted octanol–water partition coefficient (Wildman–Crippen LogP) is 2.10. The van der Waals surface area contributed by atoms with Crippen molar-refractivity contribution < 1.29 is 5.11 Å². The summed E-state index contributed by atoms with van der Waals surface area (Å²) in [6.45, 7) is 4.00. The lowest BCUT2D eigenvalue weighted by atomic mass is 10.1. The van der Waals surface area contributed by atoms with Crippen molar-refractivity contribution in [2.45, 2.75) is 26.0 Å². The number of benzene rings is 1. The second-order valence-electron chi connectivity index (χ2n) is 5.35. The van der Waals surface area contributed by atoms with Crippen LogP contribution in [0, 0.1) is 0 Å². The average molecular weight is 268 g/mol. The zero-order chi connectivity index (χ0) is 14.2. The topological polar surface area (TPSA) is 63.8 Å². The summed E-state index contributed by atoms with van der Waals surface area (Å²) in [7, 11) is 0. The van der Waals surface area contributed by atoms with E-state index >= 15 is 0 Å². The molecule has 1 aromatic carbocycles. The molecule has 0 fully saturated rings. The Balaban J connectivity index is 1.96. The SMILES string of the molecule is CC(C)(O)c1cn(Cc2ccnc3ccccc23)nn1. The molecule has 2 aromatic heterocycles. The number of aromatic nitrogens is 4. The molecular weight excluding hydrogens is 252 g/mol. The van der Waals surface area contributed by atoms with Crippen molar-refractivity contribution in [2.24, 2.45) is 0 Å². The Morgan fingerprint density at radius 3 is 2.75 bits per heavy atom. The largest absolute Gasteiger partial charge is 0.384 e. The summed E-state index contributed by atoms with van der Waals surface area (Å²) in [5.41, 5.74) is 1.69. The maximum absolute atomic E-state index is 9.91. The lowest BCUT2D eigenvalue weighted by molar-refractivity contribution is 0.0737. The summed E-state index contributed by atoms with van der Waals surface area (Å²) < 4.78 is 1.73. The van der Waals surface area contributed by atoms with Gasteiger partial charge in [-0.15, -0.1) is 5.10 Å². The summed E-state index contributed by atoms with van der Waals surface area (Å²) in [6.07, 6.45) is 3.57. The summed E-state index contributed by atoms with van der Waals surface area (Å²) in [4.78, 5) is 4.34. The number of hydrogen-bond acceptors (Lipinski definition) is 4. The predicted molar refractivity (Wildman–Crippen MR) is 76.1 cm³/mol. The zero-order valence-corrected chi connectivity index (χ0v) is 11.5. The number of fused-ring (bicyclic) bond motifs is 1. The minimum absolute atomic E-state index is 0.566. The van der Waals surface area contributed by atoms with Gasteiger partial charge in [-0.1, -0.05) is 23.4 Å². The van der Waals surface area contributed by atoms with Crippen LogP contribution in [0.15, 0.2) is 42.7 Å². The van der Waals surface area contributed by atoms with Crippen LogP contribution in [0.4, 0.5) is 0 Å². The molecule has 2 heterocycles. The maximum atomic E-state index is 9.91. The first-order valence-electron chi connectivity index (χ1n) is 6.50. The third-order valence-corrected chi connectivity index (χ3v) is 3.24. The van der Waals surface area contributed by atoms with E-state index in [-0.39, 0.29) is 0 Å². The van der Waals surface area contributed by atoms with E-state index in [0.717, 1.165) is 16.5 Å². The summed E-state index contributed by atoms with van der Waals surface area (Å²) in [5, 5.41) is 19.1. The minimum atomic E-state index is -0.974. The first-order chi connectivity index (χ1) is 9.54. The Morgan fingerprint density at radius 2 is 2.00 bits per heavy atom. The van der Waals surface area contributed by atoms with Gasteiger partial charge in [-0.2, -0.15) is 0 Å². The van der Waals surface area contributed by atoms with E-state index in [1.807, 2.05) is 30.3 Å². The molecule has 5 nitrogen and oxygen atoms in total. The van der Waals surface area contributed by atoms with Crippen molar-refractivity contribution in [1.29, 1.82) is 0 Å². The minimum Gasteiger partial charge on any atom is -0.384 e. The Kier molecular flexibility index (Phi) is 2.99. The highest BCUT2D eigenvalue weighted by Gasteiger charge is 2.20. The van der Waals surface area contributed by atoms with Crippen molar-refractivity contribution in [3.05, 3.63) is 54.0 Å². The molecule has 0 aliphatic heterocycles. The molecular formula is C15H16N4O. The van der Waals surface area contributed by atoms with Crippen LogP contribution in [0.5, 0.6) is 0 Å². The molecule has 102 valence electrons. The van der Waals surface area contributed by atoms with Crippen LogP contribution in [0.1, 0.15) is 25.1 Å². The van der Waals surface area contributed by atoms with Crippen LogP contribution < -0.4 is 0 Å². The second-order valence-corrected chi connectivity index (χ2v) is 5.35. The fourth-order valence-corrected chi connectivity index (χ4v) is 2.12. The first kappa shape index (κ1) is 12.7. The van der Waals surface area contributed by atoms with Crippen LogP contribution in [0.25, 0.3) is 10.9 Å². The Hall–Kier alpha value is -2.27. The number of hydrogen-bond donors (Lipinski definition) is 1. The summed E-state index contributed by atoms with van der Waals surface area (Å²) >= 11 is 0. The average Bonchev–Trinajstić information content (AvgIpc) is 2.88. The van der Waals surface area contributed by atoms with Gasteiger partial charge in [0.25, 0.3) is 0 Å². The standard InChI is InChI=1S/C15H16N4O/c1-15(2,20)14-10-19(18-17-14)9-11-7-8-16-13-6-4-3-5-12(11)13/h3-8,10,20H,9H2,1-2H3. The number of para-hydroxylation sites is 1. The molecule has 0 spiro atoms. The van der Waals surface area contributed by atoms with Crippen molar-refractivity contribution >= 4 is 10.9 Å². The van der Waals surface area contributed by atoms with Gasteiger partial charge in [-0.3, -0.25) is 4.98 Å². The third kappa shape index (κ3) is 2.40. The highest BCUT2D eigenvalue weighted by Crippen LogP contribution is 2.19. The van der Waals surface area contributed by atoms with Crippen LogP contribution >= 0.6 is 0 Å². The quantitative estimate of drug-likeness (QED) is 0.790. The van der Waals surface area contributed by atoms with E-state index in [1.54, 1.807) is 30.9 Å². The van der Waals surface area contributed by atoms with Crippen LogP contribution in [-0.4, -0.2) is 25.1 Å². The van der Waals surface area contributed by atoms with Crippen molar-refractivity contribution in [2.75, 3.05) is 0 Å². The summed E-state index contributed by atoms with van der Waals surface area (Å²) in [6, 6.07) is 9.99. The Bertz CT molecular complexity index is 737. The van der Waals surface area contributed by atoms with Crippen LogP contribution in [-0.2, 0) is 12.1 Å². The lowest BCUT2D eigenvalue weighted by Gasteiger charge is -2.11. The fourth-order valence-electron chi connectivity index (χ4n) is 2.12. The Morgan fingerprint density at radius 1 is 1.20 bits per heavy atom. The van der Waals surface area contributed by atoms with E-state index in [4.69, 9.17) is 0 Å². The maximum Gasteiger partial charge on any atom is 0.114 e. The Labute approximate surface area is 116 Å². The highest BCUT2D eigenvalue weighted by atomic mass is 16.3. The molecule has 0 atom stereocenters. The lowest BCUT2D eigenvalue weighted by Crippen LogP contribution is -2.15. The third-order valence-electron chi connectivity index (χ3n) is 3.24. The van der Waals surface area contributed by atoms with Gasteiger partial charge in [0, 0.05) is 11.6 Å². The molecule has 0 unspecified atom stereocenters. The van der Waals surface area contributed by atoms with Crippen molar-refractivity contribution in [3.63, 3.8) is 0 Å². The highest BCUT2D eigenvalue weighted by molar-refractivity contribution is 5.81. The van der Waals surface area contributed by atoms with E-state index < -0.39 is 5.60 Å². The van der Waals surface area contributed by atoms with Gasteiger partial charge in [0.2, 0.25) is 0 Å². The van der Waals surface area contributed by atoms with Gasteiger partial charge in [0.05, 0.1) is 18.3 Å². The molecule has 0 amide bonds. The van der Waals surface area contributed by atoms with Gasteiger partial charge in [0.15, 0.2) is 0 Å². The number of nitrogens with zero attached hydrogens (tertiary/aromatic N) is 4. The molecule has 0 saturated carbocycles. The van der Waals surface area contributed by atoms with Gasteiger partial charge in [-0.25, -0.2) is 4.68 Å². The molecule has 3 aromatic rings. The molecule has 0 aliphatic rings. The molecule has 0 aliphatic carbocycles. The van der Waals surface area contributed by atoms with E-state index in [0.29, 0.717) is 12.2 Å². The van der Waals surface area contributed by atoms with Gasteiger partial charge in [-0.05, 0) is 31.5 Å².